The molecule has 1 heterocycles. The van der Waals surface area contributed by atoms with Gasteiger partial charge in [-0.2, -0.15) is 0 Å². The molecule has 1 aliphatic heterocycles. The van der Waals surface area contributed by atoms with Crippen LogP contribution in [0.25, 0.3) is 0 Å². The fourth-order valence-corrected chi connectivity index (χ4v) is 9.13. The van der Waals surface area contributed by atoms with Crippen molar-refractivity contribution in [1.29, 1.82) is 0 Å². The molecule has 6 heteroatoms. The highest BCUT2D eigenvalue weighted by Crippen LogP contribution is 2.50. The quantitative estimate of drug-likeness (QED) is 0.181. The van der Waals surface area contributed by atoms with E-state index in [0.29, 0.717) is 18.6 Å². The van der Waals surface area contributed by atoms with Crippen LogP contribution in [0.1, 0.15) is 50.0 Å². The van der Waals surface area contributed by atoms with E-state index in [9.17, 15) is 9.59 Å². The van der Waals surface area contributed by atoms with Crippen LogP contribution >= 0.6 is 0 Å². The van der Waals surface area contributed by atoms with Gasteiger partial charge in [0.2, 0.25) is 5.91 Å². The summed E-state index contributed by atoms with van der Waals surface area (Å²) in [6.07, 6.45) is 1.56. The smallest absolute Gasteiger partial charge is 0.260 e. The van der Waals surface area contributed by atoms with E-state index < -0.39 is 16.4 Å². The fourth-order valence-electron chi connectivity index (χ4n) is 6.36. The Kier molecular flexibility index (Phi) is 8.84. The molecule has 2 aliphatic rings. The van der Waals surface area contributed by atoms with E-state index in [-0.39, 0.29) is 40.6 Å². The number of imide groups is 1. The summed E-state index contributed by atoms with van der Waals surface area (Å²) < 4.78 is 6.81. The summed E-state index contributed by atoms with van der Waals surface area (Å²) in [4.78, 5) is 30.2. The highest BCUT2D eigenvalue weighted by Gasteiger charge is 2.56. The van der Waals surface area contributed by atoms with E-state index in [4.69, 9.17) is 4.43 Å². The number of hydrogen-bond acceptors (Lipinski definition) is 3. The van der Waals surface area contributed by atoms with Crippen molar-refractivity contribution in [2.75, 3.05) is 6.61 Å². The van der Waals surface area contributed by atoms with Crippen molar-refractivity contribution < 1.29 is 14.0 Å². The van der Waals surface area contributed by atoms with Crippen molar-refractivity contribution in [2.24, 2.45) is 17.8 Å². The van der Waals surface area contributed by atoms with E-state index in [2.05, 4.69) is 72.6 Å². The number of amides is 2. The summed E-state index contributed by atoms with van der Waals surface area (Å²) in [7, 11) is -3.42. The third-order valence-corrected chi connectivity index (χ3v) is 15.5. The van der Waals surface area contributed by atoms with Crippen molar-refractivity contribution in [3.63, 3.8) is 0 Å². The standard InChI is InChI=1S/C34H49NO3Si2/c1-24-28(23-39(5,6)7)21-27(22-38-40(8,9)34(2,3)4)31-30(24)29(20-25-16-12-10-13-17-25)35(33(31)37)32(36)26-18-14-11-15-19-26/h10-19,27,29-31H,20-23H2,1-9H3/t27-,29+,30+,31+/m1/s1. The highest BCUT2D eigenvalue weighted by molar-refractivity contribution is 6.76. The predicted octanol–water partition coefficient (Wildman–Crippen LogP) is 8.21. The Morgan fingerprint density at radius 3 is 2.05 bits per heavy atom. The van der Waals surface area contributed by atoms with Gasteiger partial charge in [0.25, 0.3) is 5.91 Å². The lowest BCUT2D eigenvalue weighted by atomic mass is 9.68. The second-order valence-corrected chi connectivity index (χ2v) is 25.0. The van der Waals surface area contributed by atoms with E-state index in [0.717, 1.165) is 18.0 Å². The zero-order chi connectivity index (χ0) is 29.5. The number of carbonyl (C=O) groups is 2. The Labute approximate surface area is 244 Å². The number of carbonyl (C=O) groups excluding carboxylic acids is 2. The highest BCUT2D eigenvalue weighted by atomic mass is 28.4. The first-order valence-electron chi connectivity index (χ1n) is 14.9. The first-order chi connectivity index (χ1) is 18.6. The number of likely N-dealkylation sites (tertiary alicyclic amines) is 1. The van der Waals surface area contributed by atoms with Gasteiger partial charge < -0.3 is 4.43 Å². The van der Waals surface area contributed by atoms with Gasteiger partial charge in [-0.05, 0) is 67.6 Å². The first kappa shape index (κ1) is 30.7. The summed E-state index contributed by atoms with van der Waals surface area (Å²) in [6.45, 7) is 21.5. The molecule has 0 spiro atoms. The zero-order valence-electron chi connectivity index (χ0n) is 26.1. The van der Waals surface area contributed by atoms with Crippen LogP contribution in [-0.2, 0) is 15.6 Å². The molecule has 40 heavy (non-hydrogen) atoms. The molecule has 2 aromatic carbocycles. The lowest BCUT2D eigenvalue weighted by molar-refractivity contribution is -0.131. The molecule has 1 saturated heterocycles. The molecule has 4 rings (SSSR count). The molecule has 0 bridgehead atoms. The maximum Gasteiger partial charge on any atom is 0.260 e. The minimum absolute atomic E-state index is 0.00786. The van der Waals surface area contributed by atoms with Crippen molar-refractivity contribution in [3.8, 4) is 0 Å². The molecule has 0 unspecified atom stereocenters. The molecular weight excluding hydrogens is 527 g/mol. The number of benzene rings is 2. The molecule has 2 amide bonds. The van der Waals surface area contributed by atoms with Crippen LogP contribution in [0.4, 0.5) is 0 Å². The molecule has 0 saturated carbocycles. The normalized spacial score (nSPS) is 23.9. The molecule has 0 radical (unpaired) electrons. The average Bonchev–Trinajstić information content (AvgIpc) is 3.16. The molecule has 4 atom stereocenters. The van der Waals surface area contributed by atoms with E-state index in [1.807, 2.05) is 48.5 Å². The predicted molar refractivity (Wildman–Crippen MR) is 171 cm³/mol. The molecule has 1 fully saturated rings. The van der Waals surface area contributed by atoms with Gasteiger partial charge in [-0.25, -0.2) is 0 Å². The van der Waals surface area contributed by atoms with Crippen LogP contribution in [0.15, 0.2) is 71.8 Å². The molecule has 4 nitrogen and oxygen atoms in total. The summed E-state index contributed by atoms with van der Waals surface area (Å²) in [6, 6.07) is 20.6. The van der Waals surface area contributed by atoms with E-state index in [1.54, 1.807) is 4.90 Å². The van der Waals surface area contributed by atoms with Crippen LogP contribution < -0.4 is 0 Å². The van der Waals surface area contributed by atoms with Crippen molar-refractivity contribution in [2.45, 2.75) is 90.4 Å². The largest absolute Gasteiger partial charge is 0.417 e. The molecule has 0 aromatic heterocycles. The van der Waals surface area contributed by atoms with Crippen LogP contribution in [0, 0.1) is 17.8 Å². The van der Waals surface area contributed by atoms with Crippen LogP contribution in [-0.4, -0.2) is 45.8 Å². The van der Waals surface area contributed by atoms with Gasteiger partial charge in [0, 0.05) is 26.2 Å². The minimum Gasteiger partial charge on any atom is -0.417 e. The molecule has 1 aliphatic carbocycles. The Balaban J connectivity index is 1.80. The maximum atomic E-state index is 14.5. The number of hydrogen-bond donors (Lipinski definition) is 0. The monoisotopic (exact) mass is 575 g/mol. The van der Waals surface area contributed by atoms with Crippen molar-refractivity contribution >= 4 is 28.2 Å². The van der Waals surface area contributed by atoms with Gasteiger partial charge in [-0.1, -0.05) is 100 Å². The summed E-state index contributed by atoms with van der Waals surface area (Å²) in [5.74, 6) is -0.349. The second-order valence-electron chi connectivity index (χ2n) is 14.7. The number of allylic oxidation sites excluding steroid dienone is 1. The topological polar surface area (TPSA) is 46.6 Å². The van der Waals surface area contributed by atoms with E-state index in [1.165, 1.54) is 11.1 Å². The van der Waals surface area contributed by atoms with Gasteiger partial charge in [0.1, 0.15) is 0 Å². The van der Waals surface area contributed by atoms with E-state index >= 15 is 0 Å². The van der Waals surface area contributed by atoms with Crippen molar-refractivity contribution in [1.82, 2.24) is 4.90 Å². The van der Waals surface area contributed by atoms with Crippen LogP contribution in [0.2, 0.25) is 43.8 Å². The lowest BCUT2D eigenvalue weighted by Gasteiger charge is -2.41. The third-order valence-electron chi connectivity index (χ3n) is 9.47. The Morgan fingerprint density at radius 1 is 0.925 bits per heavy atom. The molecular formula is C34H49NO3Si2. The van der Waals surface area contributed by atoms with Crippen LogP contribution in [0.5, 0.6) is 0 Å². The minimum atomic E-state index is -2.01. The fraction of sp³-hybridized carbons (Fsp3) is 0.529. The van der Waals surface area contributed by atoms with Gasteiger partial charge in [-0.3, -0.25) is 14.5 Å². The maximum absolute atomic E-state index is 14.5. The lowest BCUT2D eigenvalue weighted by Crippen LogP contribution is -2.44. The van der Waals surface area contributed by atoms with Gasteiger partial charge in [0.05, 0.1) is 12.0 Å². The average molecular weight is 576 g/mol. The number of rotatable bonds is 8. The summed E-state index contributed by atoms with van der Waals surface area (Å²) in [5, 5.41) is 0.0960. The number of fused-ring (bicyclic) bond motifs is 1. The number of nitrogens with zero attached hydrogens (tertiary/aromatic N) is 1. The molecule has 2 aromatic rings. The summed E-state index contributed by atoms with van der Waals surface area (Å²) >= 11 is 0. The third kappa shape index (κ3) is 6.45. The van der Waals surface area contributed by atoms with Crippen molar-refractivity contribution in [3.05, 3.63) is 82.9 Å². The molecule has 0 N–H and O–H groups in total. The van der Waals surface area contributed by atoms with Gasteiger partial charge >= 0.3 is 0 Å². The SMILES string of the molecule is CC1=C(C[Si](C)(C)C)C[C@H](CO[Si](C)(C)C(C)(C)C)[C@@H]2C(=O)N(C(=O)c3ccccc3)[C@@H](Cc3ccccc3)[C@H]12. The zero-order valence-corrected chi connectivity index (χ0v) is 28.1. The Hall–Kier alpha value is -2.29. The molecule has 216 valence electrons. The first-order valence-corrected chi connectivity index (χ1v) is 21.5. The Morgan fingerprint density at radius 2 is 1.50 bits per heavy atom. The summed E-state index contributed by atoms with van der Waals surface area (Å²) in [5.41, 5.74) is 4.58. The van der Waals surface area contributed by atoms with Crippen LogP contribution in [0.3, 0.4) is 0 Å². The Bertz CT molecular complexity index is 1240. The van der Waals surface area contributed by atoms with Gasteiger partial charge in [0.15, 0.2) is 8.32 Å². The second kappa shape index (κ2) is 11.5. The van der Waals surface area contributed by atoms with Gasteiger partial charge in [-0.15, -0.1) is 0 Å².